The molecule has 0 heterocycles. The average molecular weight is 239 g/mol. The summed E-state index contributed by atoms with van der Waals surface area (Å²) in [5.74, 6) is 2.57. The Balaban J connectivity index is 1.67. The fourth-order valence-electron chi connectivity index (χ4n) is 3.64. The SMILES string of the molecule is CC1CCC(NCC2CCC(O)CC2)C(C)C1. The Labute approximate surface area is 106 Å². The van der Waals surface area contributed by atoms with E-state index >= 15 is 0 Å². The van der Waals surface area contributed by atoms with Crippen LogP contribution in [-0.4, -0.2) is 23.8 Å². The van der Waals surface area contributed by atoms with Crippen molar-refractivity contribution in [2.24, 2.45) is 17.8 Å². The van der Waals surface area contributed by atoms with Crippen molar-refractivity contribution in [3.8, 4) is 0 Å². The smallest absolute Gasteiger partial charge is 0.0540 e. The van der Waals surface area contributed by atoms with Gasteiger partial charge < -0.3 is 10.4 Å². The van der Waals surface area contributed by atoms with E-state index in [1.54, 1.807) is 0 Å². The second kappa shape index (κ2) is 6.19. The van der Waals surface area contributed by atoms with E-state index in [0.29, 0.717) is 0 Å². The quantitative estimate of drug-likeness (QED) is 0.793. The summed E-state index contributed by atoms with van der Waals surface area (Å²) in [7, 11) is 0. The molecular weight excluding hydrogens is 210 g/mol. The minimum atomic E-state index is -0.0132. The van der Waals surface area contributed by atoms with Gasteiger partial charge in [0, 0.05) is 6.04 Å². The molecule has 2 heteroatoms. The molecule has 100 valence electrons. The number of aliphatic hydroxyl groups excluding tert-OH is 1. The van der Waals surface area contributed by atoms with Gasteiger partial charge in [-0.1, -0.05) is 13.8 Å². The first-order valence-corrected chi connectivity index (χ1v) is 7.56. The van der Waals surface area contributed by atoms with Crippen LogP contribution in [0, 0.1) is 17.8 Å². The first-order chi connectivity index (χ1) is 8.15. The highest BCUT2D eigenvalue weighted by atomic mass is 16.3. The molecule has 0 amide bonds. The molecule has 3 unspecified atom stereocenters. The minimum absolute atomic E-state index is 0.0132. The normalized spacial score (nSPS) is 43.6. The first-order valence-electron chi connectivity index (χ1n) is 7.56. The highest BCUT2D eigenvalue weighted by Gasteiger charge is 2.26. The molecule has 2 N–H and O–H groups in total. The van der Waals surface area contributed by atoms with Crippen LogP contribution < -0.4 is 5.32 Å². The van der Waals surface area contributed by atoms with E-state index in [-0.39, 0.29) is 6.10 Å². The molecule has 0 spiro atoms. The van der Waals surface area contributed by atoms with Gasteiger partial charge in [0.15, 0.2) is 0 Å². The summed E-state index contributed by atoms with van der Waals surface area (Å²) in [6, 6.07) is 0.748. The predicted molar refractivity (Wildman–Crippen MR) is 71.9 cm³/mol. The fraction of sp³-hybridized carbons (Fsp3) is 1.00. The van der Waals surface area contributed by atoms with Crippen molar-refractivity contribution in [3.05, 3.63) is 0 Å². The Kier molecular flexibility index (Phi) is 4.87. The van der Waals surface area contributed by atoms with Crippen molar-refractivity contribution >= 4 is 0 Å². The van der Waals surface area contributed by atoms with Crippen LogP contribution in [0.25, 0.3) is 0 Å². The number of hydrogen-bond donors (Lipinski definition) is 2. The Morgan fingerprint density at radius 1 is 1.00 bits per heavy atom. The summed E-state index contributed by atoms with van der Waals surface area (Å²) in [6.07, 6.45) is 8.59. The zero-order chi connectivity index (χ0) is 12.3. The van der Waals surface area contributed by atoms with E-state index in [9.17, 15) is 5.11 Å². The molecule has 2 aliphatic rings. The Hall–Kier alpha value is -0.0800. The zero-order valence-corrected chi connectivity index (χ0v) is 11.5. The lowest BCUT2D eigenvalue weighted by atomic mass is 9.79. The van der Waals surface area contributed by atoms with Crippen LogP contribution in [0.2, 0.25) is 0 Å². The molecular formula is C15H29NO. The molecule has 2 rings (SSSR count). The van der Waals surface area contributed by atoms with Crippen LogP contribution >= 0.6 is 0 Å². The van der Waals surface area contributed by atoms with E-state index in [4.69, 9.17) is 0 Å². The standard InChI is InChI=1S/C15H29NO/c1-11-3-8-15(12(2)9-11)16-10-13-4-6-14(17)7-5-13/h11-17H,3-10H2,1-2H3. The summed E-state index contributed by atoms with van der Waals surface area (Å²) < 4.78 is 0. The third-order valence-corrected chi connectivity index (χ3v) is 4.92. The van der Waals surface area contributed by atoms with Gasteiger partial charge in [0.2, 0.25) is 0 Å². The number of hydrogen-bond acceptors (Lipinski definition) is 2. The molecule has 0 radical (unpaired) electrons. The molecule has 2 aliphatic carbocycles. The Morgan fingerprint density at radius 2 is 1.71 bits per heavy atom. The molecule has 0 aromatic heterocycles. The number of nitrogens with one attached hydrogen (secondary N) is 1. The maximum atomic E-state index is 9.49. The lowest BCUT2D eigenvalue weighted by Crippen LogP contribution is -2.42. The van der Waals surface area contributed by atoms with Gasteiger partial charge in [-0.05, 0) is 69.2 Å². The van der Waals surface area contributed by atoms with Crippen LogP contribution in [0.3, 0.4) is 0 Å². The molecule has 3 atom stereocenters. The Morgan fingerprint density at radius 3 is 2.35 bits per heavy atom. The largest absolute Gasteiger partial charge is 0.393 e. The highest BCUT2D eigenvalue weighted by Crippen LogP contribution is 2.29. The van der Waals surface area contributed by atoms with Gasteiger partial charge in [0.1, 0.15) is 0 Å². The van der Waals surface area contributed by atoms with Gasteiger partial charge in [-0.25, -0.2) is 0 Å². The topological polar surface area (TPSA) is 32.3 Å². The molecule has 0 aromatic carbocycles. The molecule has 0 aliphatic heterocycles. The van der Waals surface area contributed by atoms with Gasteiger partial charge in [-0.3, -0.25) is 0 Å². The lowest BCUT2D eigenvalue weighted by Gasteiger charge is -2.35. The van der Waals surface area contributed by atoms with Crippen LogP contribution in [0.1, 0.15) is 58.8 Å². The van der Waals surface area contributed by atoms with E-state index in [1.165, 1.54) is 38.6 Å². The summed E-state index contributed by atoms with van der Waals surface area (Å²) in [5, 5.41) is 13.3. The van der Waals surface area contributed by atoms with Crippen molar-refractivity contribution in [3.63, 3.8) is 0 Å². The molecule has 0 saturated heterocycles. The van der Waals surface area contributed by atoms with E-state index in [1.807, 2.05) is 0 Å². The summed E-state index contributed by atoms with van der Waals surface area (Å²) in [6.45, 7) is 5.96. The second-order valence-electron chi connectivity index (χ2n) is 6.58. The van der Waals surface area contributed by atoms with Gasteiger partial charge in [0.25, 0.3) is 0 Å². The second-order valence-corrected chi connectivity index (χ2v) is 6.58. The van der Waals surface area contributed by atoms with Crippen LogP contribution in [0.4, 0.5) is 0 Å². The molecule has 2 fully saturated rings. The van der Waals surface area contributed by atoms with Crippen LogP contribution in [0.15, 0.2) is 0 Å². The van der Waals surface area contributed by atoms with Crippen molar-refractivity contribution in [2.75, 3.05) is 6.54 Å². The predicted octanol–water partition coefficient (Wildman–Crippen LogP) is 2.95. The van der Waals surface area contributed by atoms with Crippen molar-refractivity contribution in [1.82, 2.24) is 5.32 Å². The number of aliphatic hydroxyl groups is 1. The summed E-state index contributed by atoms with van der Waals surface area (Å²) in [5.41, 5.74) is 0. The molecule has 0 aromatic rings. The summed E-state index contributed by atoms with van der Waals surface area (Å²) >= 11 is 0. The maximum absolute atomic E-state index is 9.49. The monoisotopic (exact) mass is 239 g/mol. The Bertz CT molecular complexity index is 223. The first kappa shape index (κ1) is 13.4. The van der Waals surface area contributed by atoms with E-state index < -0.39 is 0 Å². The van der Waals surface area contributed by atoms with Gasteiger partial charge >= 0.3 is 0 Å². The molecule has 0 bridgehead atoms. The molecule has 17 heavy (non-hydrogen) atoms. The summed E-state index contributed by atoms with van der Waals surface area (Å²) in [4.78, 5) is 0. The number of rotatable bonds is 3. The van der Waals surface area contributed by atoms with Gasteiger partial charge in [-0.15, -0.1) is 0 Å². The van der Waals surface area contributed by atoms with Gasteiger partial charge in [0.05, 0.1) is 6.10 Å². The van der Waals surface area contributed by atoms with E-state index in [2.05, 4.69) is 19.2 Å². The third kappa shape index (κ3) is 3.96. The zero-order valence-electron chi connectivity index (χ0n) is 11.5. The van der Waals surface area contributed by atoms with Crippen molar-refractivity contribution < 1.29 is 5.11 Å². The van der Waals surface area contributed by atoms with Crippen LogP contribution in [-0.2, 0) is 0 Å². The van der Waals surface area contributed by atoms with Crippen LogP contribution in [0.5, 0.6) is 0 Å². The molecule has 2 saturated carbocycles. The van der Waals surface area contributed by atoms with Crippen molar-refractivity contribution in [2.45, 2.75) is 70.9 Å². The third-order valence-electron chi connectivity index (χ3n) is 4.92. The minimum Gasteiger partial charge on any atom is -0.393 e. The maximum Gasteiger partial charge on any atom is 0.0540 e. The lowest BCUT2D eigenvalue weighted by molar-refractivity contribution is 0.105. The highest BCUT2D eigenvalue weighted by molar-refractivity contribution is 4.82. The van der Waals surface area contributed by atoms with Crippen molar-refractivity contribution in [1.29, 1.82) is 0 Å². The fourth-order valence-corrected chi connectivity index (χ4v) is 3.64. The van der Waals surface area contributed by atoms with Gasteiger partial charge in [-0.2, -0.15) is 0 Å². The van der Waals surface area contributed by atoms with E-state index in [0.717, 1.165) is 36.6 Å². The average Bonchev–Trinajstić information content (AvgIpc) is 2.30. The molecule has 2 nitrogen and oxygen atoms in total.